The fourth-order valence-corrected chi connectivity index (χ4v) is 5.80. The molecule has 1 heteroatoms. The molecular formula is C36H43F. The van der Waals surface area contributed by atoms with Crippen molar-refractivity contribution in [2.75, 3.05) is 0 Å². The molecule has 0 unspecified atom stereocenters. The Labute approximate surface area is 224 Å². The third-order valence-corrected chi connectivity index (χ3v) is 8.20. The van der Waals surface area contributed by atoms with Gasteiger partial charge in [-0.3, -0.25) is 0 Å². The van der Waals surface area contributed by atoms with Crippen LogP contribution in [0.15, 0.2) is 84.9 Å². The van der Waals surface area contributed by atoms with Gasteiger partial charge in [0.2, 0.25) is 0 Å². The summed E-state index contributed by atoms with van der Waals surface area (Å²) in [6, 6.07) is 25.4. The van der Waals surface area contributed by atoms with Gasteiger partial charge in [-0.1, -0.05) is 124 Å². The second-order valence-corrected chi connectivity index (χ2v) is 11.0. The highest BCUT2D eigenvalue weighted by atomic mass is 19.1. The molecule has 0 aliphatic heterocycles. The van der Waals surface area contributed by atoms with Gasteiger partial charge in [0.25, 0.3) is 0 Å². The van der Waals surface area contributed by atoms with E-state index in [1.54, 1.807) is 6.07 Å². The standard InChI is InChI=1S/C36H43F/c1-3-4-6-9-32-23-25-35(36(37)27-32)24-22-31-16-14-29(15-17-31)12-13-30-18-20-33(21-19-30)26-28(2)34-10-7-5-8-11-34/h3-5,7-8,10-11,14-17,22-25,27-28,30,33H,6,9,12-13,18-21,26H2,1-2H3/t28-,30?,33?/m1/s1. The van der Waals surface area contributed by atoms with Crippen molar-refractivity contribution in [3.8, 4) is 0 Å². The highest BCUT2D eigenvalue weighted by Crippen LogP contribution is 2.37. The van der Waals surface area contributed by atoms with Gasteiger partial charge in [-0.2, -0.15) is 0 Å². The van der Waals surface area contributed by atoms with Gasteiger partial charge in [-0.25, -0.2) is 4.39 Å². The molecule has 1 atom stereocenters. The predicted octanol–water partition coefficient (Wildman–Crippen LogP) is 10.4. The summed E-state index contributed by atoms with van der Waals surface area (Å²) < 4.78 is 14.5. The number of hydrogen-bond donors (Lipinski definition) is 0. The van der Waals surface area contributed by atoms with Crippen molar-refractivity contribution in [3.05, 3.63) is 119 Å². The Morgan fingerprint density at radius 2 is 1.51 bits per heavy atom. The maximum Gasteiger partial charge on any atom is 0.130 e. The Morgan fingerprint density at radius 1 is 0.811 bits per heavy atom. The molecule has 0 nitrogen and oxygen atoms in total. The summed E-state index contributed by atoms with van der Waals surface area (Å²) in [5.41, 5.74) is 5.71. The topological polar surface area (TPSA) is 0 Å². The summed E-state index contributed by atoms with van der Waals surface area (Å²) in [4.78, 5) is 0. The van der Waals surface area contributed by atoms with Gasteiger partial charge in [0.15, 0.2) is 0 Å². The Kier molecular flexibility index (Phi) is 10.4. The first-order chi connectivity index (χ1) is 18.1. The summed E-state index contributed by atoms with van der Waals surface area (Å²) in [7, 11) is 0. The molecule has 0 saturated heterocycles. The van der Waals surface area contributed by atoms with Crippen LogP contribution in [0.5, 0.6) is 0 Å². The first-order valence-electron chi connectivity index (χ1n) is 14.3. The van der Waals surface area contributed by atoms with Crippen LogP contribution in [0.25, 0.3) is 12.2 Å². The van der Waals surface area contributed by atoms with Crippen molar-refractivity contribution in [2.45, 2.75) is 77.6 Å². The molecule has 194 valence electrons. The molecule has 4 rings (SSSR count). The first-order valence-corrected chi connectivity index (χ1v) is 14.3. The molecule has 0 bridgehead atoms. The van der Waals surface area contributed by atoms with Crippen LogP contribution < -0.4 is 0 Å². The molecule has 37 heavy (non-hydrogen) atoms. The third-order valence-electron chi connectivity index (χ3n) is 8.20. The molecule has 3 aromatic rings. The molecule has 0 heterocycles. The van der Waals surface area contributed by atoms with E-state index < -0.39 is 0 Å². The molecule has 0 aromatic heterocycles. The average Bonchev–Trinajstić information content (AvgIpc) is 2.93. The Hall–Kier alpha value is -2.93. The lowest BCUT2D eigenvalue weighted by atomic mass is 9.76. The summed E-state index contributed by atoms with van der Waals surface area (Å²) in [5, 5.41) is 0. The molecule has 3 aromatic carbocycles. The van der Waals surface area contributed by atoms with Crippen molar-refractivity contribution >= 4 is 12.2 Å². The number of allylic oxidation sites excluding steroid dienone is 2. The Morgan fingerprint density at radius 3 is 2.22 bits per heavy atom. The van der Waals surface area contributed by atoms with E-state index in [0.717, 1.165) is 42.2 Å². The van der Waals surface area contributed by atoms with Crippen LogP contribution in [0.1, 0.15) is 92.5 Å². The lowest BCUT2D eigenvalue weighted by molar-refractivity contribution is 0.245. The zero-order valence-electron chi connectivity index (χ0n) is 22.7. The predicted molar refractivity (Wildman–Crippen MR) is 158 cm³/mol. The smallest absolute Gasteiger partial charge is 0.130 e. The van der Waals surface area contributed by atoms with Crippen molar-refractivity contribution < 1.29 is 4.39 Å². The van der Waals surface area contributed by atoms with E-state index in [4.69, 9.17) is 0 Å². The number of aryl methyl sites for hydroxylation is 2. The van der Waals surface area contributed by atoms with Crippen molar-refractivity contribution in [1.82, 2.24) is 0 Å². The lowest BCUT2D eigenvalue weighted by Gasteiger charge is -2.30. The van der Waals surface area contributed by atoms with E-state index in [9.17, 15) is 4.39 Å². The van der Waals surface area contributed by atoms with E-state index >= 15 is 0 Å². The Bertz CT molecular complexity index is 1130. The molecule has 1 aliphatic rings. The molecule has 1 fully saturated rings. The zero-order valence-corrected chi connectivity index (χ0v) is 22.7. The summed E-state index contributed by atoms with van der Waals surface area (Å²) in [6.45, 7) is 4.40. The van der Waals surface area contributed by atoms with E-state index in [-0.39, 0.29) is 5.82 Å². The normalized spacial score (nSPS) is 19.0. The van der Waals surface area contributed by atoms with Gasteiger partial charge in [-0.15, -0.1) is 0 Å². The molecule has 0 radical (unpaired) electrons. The van der Waals surface area contributed by atoms with E-state index in [0.29, 0.717) is 11.5 Å². The van der Waals surface area contributed by atoms with Crippen LogP contribution in [-0.2, 0) is 12.8 Å². The highest BCUT2D eigenvalue weighted by Gasteiger charge is 2.23. The van der Waals surface area contributed by atoms with Gasteiger partial charge in [0.05, 0.1) is 0 Å². The summed E-state index contributed by atoms with van der Waals surface area (Å²) in [5.74, 6) is 2.28. The van der Waals surface area contributed by atoms with Gasteiger partial charge in [0, 0.05) is 5.56 Å². The Balaban J connectivity index is 1.20. The van der Waals surface area contributed by atoms with Crippen LogP contribution in [0, 0.1) is 17.7 Å². The first kappa shape index (κ1) is 27.1. The van der Waals surface area contributed by atoms with Crippen LogP contribution in [0.2, 0.25) is 0 Å². The number of rotatable bonds is 11. The van der Waals surface area contributed by atoms with Gasteiger partial charge >= 0.3 is 0 Å². The van der Waals surface area contributed by atoms with Gasteiger partial charge < -0.3 is 0 Å². The number of hydrogen-bond acceptors (Lipinski definition) is 0. The fraction of sp³-hybridized carbons (Fsp3) is 0.389. The fourth-order valence-electron chi connectivity index (χ4n) is 5.80. The van der Waals surface area contributed by atoms with Crippen molar-refractivity contribution in [2.24, 2.45) is 11.8 Å². The molecule has 0 spiro atoms. The zero-order chi connectivity index (χ0) is 25.9. The maximum absolute atomic E-state index is 14.5. The highest BCUT2D eigenvalue weighted by molar-refractivity contribution is 5.70. The van der Waals surface area contributed by atoms with E-state index in [1.165, 1.54) is 49.7 Å². The maximum atomic E-state index is 14.5. The van der Waals surface area contributed by atoms with Crippen LogP contribution in [0.4, 0.5) is 4.39 Å². The lowest BCUT2D eigenvalue weighted by Crippen LogP contribution is -2.16. The quantitative estimate of drug-likeness (QED) is 0.184. The van der Waals surface area contributed by atoms with Crippen molar-refractivity contribution in [3.63, 3.8) is 0 Å². The second kappa shape index (κ2) is 14.1. The molecule has 1 saturated carbocycles. The van der Waals surface area contributed by atoms with Crippen LogP contribution >= 0.6 is 0 Å². The number of benzene rings is 3. The average molecular weight is 495 g/mol. The van der Waals surface area contributed by atoms with Crippen LogP contribution in [-0.4, -0.2) is 0 Å². The minimum Gasteiger partial charge on any atom is -0.206 e. The summed E-state index contributed by atoms with van der Waals surface area (Å²) in [6.07, 6.45) is 19.2. The molecular weight excluding hydrogens is 451 g/mol. The van der Waals surface area contributed by atoms with Gasteiger partial charge in [-0.05, 0) is 85.1 Å². The summed E-state index contributed by atoms with van der Waals surface area (Å²) >= 11 is 0. The minimum atomic E-state index is -0.143. The molecule has 0 N–H and O–H groups in total. The monoisotopic (exact) mass is 494 g/mol. The molecule has 1 aliphatic carbocycles. The largest absolute Gasteiger partial charge is 0.206 e. The van der Waals surface area contributed by atoms with Crippen molar-refractivity contribution in [1.29, 1.82) is 0 Å². The number of halogens is 1. The SMILES string of the molecule is CC=CCCc1ccc(C=Cc2ccc(CCC3CCC(C[C@@H](C)c4ccccc4)CC3)cc2)c(F)c1. The minimum absolute atomic E-state index is 0.143. The van der Waals surface area contributed by atoms with Crippen LogP contribution in [0.3, 0.4) is 0 Å². The second-order valence-electron chi connectivity index (χ2n) is 11.0. The van der Waals surface area contributed by atoms with E-state index in [1.807, 2.05) is 37.3 Å². The molecule has 0 amide bonds. The van der Waals surface area contributed by atoms with E-state index in [2.05, 4.69) is 67.6 Å². The van der Waals surface area contributed by atoms with Gasteiger partial charge in [0.1, 0.15) is 5.82 Å². The third kappa shape index (κ3) is 8.56.